The van der Waals surface area contributed by atoms with E-state index in [4.69, 9.17) is 11.6 Å². The van der Waals surface area contributed by atoms with E-state index in [-0.39, 0.29) is 22.7 Å². The first-order chi connectivity index (χ1) is 15.2. The van der Waals surface area contributed by atoms with Gasteiger partial charge in [0.2, 0.25) is 5.91 Å². The van der Waals surface area contributed by atoms with Crippen LogP contribution in [0.25, 0.3) is 10.9 Å². The van der Waals surface area contributed by atoms with Gasteiger partial charge in [0, 0.05) is 11.6 Å². The molecule has 0 unspecified atom stereocenters. The molecule has 0 aliphatic heterocycles. The summed E-state index contributed by atoms with van der Waals surface area (Å²) >= 11 is 7.14. The summed E-state index contributed by atoms with van der Waals surface area (Å²) in [6.45, 7) is 1.56. The molecule has 0 bridgehead atoms. The lowest BCUT2D eigenvalue weighted by atomic mass is 10.1. The minimum absolute atomic E-state index is 0.0802. The molecule has 1 N–H and O–H groups in total. The highest BCUT2D eigenvalue weighted by molar-refractivity contribution is 7.99. The number of hydrogen-bond acceptors (Lipinski definition) is 5. The van der Waals surface area contributed by atoms with Gasteiger partial charge in [-0.15, -0.1) is 0 Å². The van der Waals surface area contributed by atoms with Crippen LogP contribution >= 0.6 is 23.4 Å². The Hall–Kier alpha value is -2.65. The molecule has 2 aromatic carbocycles. The number of alkyl halides is 2. The van der Waals surface area contributed by atoms with Gasteiger partial charge in [-0.05, 0) is 42.7 Å². The lowest BCUT2D eigenvalue weighted by Crippen LogP contribution is -2.25. The Morgan fingerprint density at radius 2 is 2.00 bits per heavy atom. The van der Waals surface area contributed by atoms with Gasteiger partial charge in [-0.25, -0.2) is 4.98 Å². The lowest BCUT2D eigenvalue weighted by Gasteiger charge is -2.15. The Morgan fingerprint density at radius 1 is 1.25 bits per heavy atom. The van der Waals surface area contributed by atoms with Gasteiger partial charge in [0.05, 0.1) is 22.3 Å². The Kier molecular flexibility index (Phi) is 8.09. The van der Waals surface area contributed by atoms with Crippen LogP contribution in [0.5, 0.6) is 5.75 Å². The zero-order valence-electron chi connectivity index (χ0n) is 17.5. The van der Waals surface area contributed by atoms with Gasteiger partial charge in [-0.3, -0.25) is 14.2 Å². The molecule has 0 aliphatic carbocycles. The third-order valence-electron chi connectivity index (χ3n) is 4.52. The number of carbonyl (C=O) groups is 1. The van der Waals surface area contributed by atoms with Crippen molar-refractivity contribution >= 4 is 45.9 Å². The molecule has 170 valence electrons. The van der Waals surface area contributed by atoms with Crippen LogP contribution in [0.4, 0.5) is 14.5 Å². The number of halogens is 3. The first-order valence-electron chi connectivity index (χ1n) is 9.91. The summed E-state index contributed by atoms with van der Waals surface area (Å²) in [7, 11) is 0. The number of thioether (sulfide) groups is 1. The van der Waals surface area contributed by atoms with Gasteiger partial charge < -0.3 is 10.1 Å². The second-order valence-electron chi connectivity index (χ2n) is 7.41. The Bertz CT molecular complexity index is 1170. The van der Waals surface area contributed by atoms with Gasteiger partial charge >= 0.3 is 6.61 Å². The van der Waals surface area contributed by atoms with Crippen LogP contribution in [-0.2, 0) is 11.3 Å². The topological polar surface area (TPSA) is 73.2 Å². The molecule has 0 fully saturated rings. The van der Waals surface area contributed by atoms with Crippen molar-refractivity contribution in [2.24, 2.45) is 5.92 Å². The van der Waals surface area contributed by atoms with Crippen molar-refractivity contribution < 1.29 is 18.3 Å². The van der Waals surface area contributed by atoms with Crippen molar-refractivity contribution in [1.29, 1.82) is 0 Å². The summed E-state index contributed by atoms with van der Waals surface area (Å²) in [5.74, 6) is -0.289. The standard InChI is InChI=1S/C22H22ClF2N3O3S/c1-13(2)9-10-28-20(30)15-8-7-14(23)11-17(15)27-22(28)32-12-19(29)26-16-5-3-4-6-18(16)31-21(24)25/h3-8,11,13,21H,9-10,12H2,1-2H3,(H,26,29). The number of ether oxygens (including phenoxy) is 1. The summed E-state index contributed by atoms with van der Waals surface area (Å²) in [6, 6.07) is 10.8. The third-order valence-corrected chi connectivity index (χ3v) is 5.73. The number of benzene rings is 2. The summed E-state index contributed by atoms with van der Waals surface area (Å²) in [5, 5.41) is 3.85. The monoisotopic (exact) mass is 481 g/mol. The van der Waals surface area contributed by atoms with Gasteiger partial charge in [0.25, 0.3) is 5.56 Å². The van der Waals surface area contributed by atoms with Gasteiger partial charge in [0.1, 0.15) is 5.75 Å². The highest BCUT2D eigenvalue weighted by atomic mass is 35.5. The van der Waals surface area contributed by atoms with Crippen molar-refractivity contribution in [3.63, 3.8) is 0 Å². The molecule has 3 rings (SSSR count). The van der Waals surface area contributed by atoms with Gasteiger partial charge in [0.15, 0.2) is 5.16 Å². The molecule has 1 aromatic heterocycles. The molecule has 6 nitrogen and oxygen atoms in total. The van der Waals surface area contributed by atoms with Gasteiger partial charge in [-0.2, -0.15) is 8.78 Å². The Labute approximate surface area is 192 Å². The zero-order chi connectivity index (χ0) is 23.3. The van der Waals surface area contributed by atoms with Crippen molar-refractivity contribution in [2.45, 2.75) is 38.6 Å². The van der Waals surface area contributed by atoms with Crippen molar-refractivity contribution in [1.82, 2.24) is 9.55 Å². The normalized spacial score (nSPS) is 11.3. The van der Waals surface area contributed by atoms with Crippen LogP contribution in [0.3, 0.4) is 0 Å². The number of hydrogen-bond donors (Lipinski definition) is 1. The quantitative estimate of drug-likeness (QED) is 0.326. The summed E-state index contributed by atoms with van der Waals surface area (Å²) in [4.78, 5) is 30.1. The number of nitrogens with zero attached hydrogens (tertiary/aromatic N) is 2. The largest absolute Gasteiger partial charge is 0.433 e. The number of nitrogens with one attached hydrogen (secondary N) is 1. The number of fused-ring (bicyclic) bond motifs is 1. The van der Waals surface area contributed by atoms with E-state index in [9.17, 15) is 18.4 Å². The smallest absolute Gasteiger partial charge is 0.387 e. The summed E-state index contributed by atoms with van der Waals surface area (Å²) in [5.41, 5.74) is 0.377. The molecule has 10 heteroatoms. The maximum atomic E-state index is 13.0. The Balaban J connectivity index is 1.82. The minimum Gasteiger partial charge on any atom is -0.433 e. The highest BCUT2D eigenvalue weighted by Gasteiger charge is 2.16. The van der Waals surface area contributed by atoms with E-state index < -0.39 is 12.5 Å². The summed E-state index contributed by atoms with van der Waals surface area (Å²) in [6.07, 6.45) is 0.763. The molecule has 0 radical (unpaired) electrons. The fourth-order valence-corrected chi connectivity index (χ4v) is 3.95. The molecule has 32 heavy (non-hydrogen) atoms. The number of carbonyl (C=O) groups excluding carboxylic acids is 1. The van der Waals surface area contributed by atoms with E-state index in [0.717, 1.165) is 18.2 Å². The summed E-state index contributed by atoms with van der Waals surface area (Å²) < 4.78 is 31.2. The third kappa shape index (κ3) is 6.20. The first kappa shape index (κ1) is 24.0. The fourth-order valence-electron chi connectivity index (χ4n) is 2.95. The fraction of sp³-hybridized carbons (Fsp3) is 0.318. The van der Waals surface area contributed by atoms with Crippen molar-refractivity contribution in [3.05, 3.63) is 57.8 Å². The van der Waals surface area contributed by atoms with Crippen molar-refractivity contribution in [2.75, 3.05) is 11.1 Å². The molecule has 0 spiro atoms. The van der Waals surface area contributed by atoms with E-state index in [0.29, 0.717) is 33.5 Å². The van der Waals surface area contributed by atoms with Crippen LogP contribution in [-0.4, -0.2) is 27.8 Å². The van der Waals surface area contributed by atoms with E-state index in [2.05, 4.69) is 28.9 Å². The van der Waals surface area contributed by atoms with Crippen LogP contribution in [0.1, 0.15) is 20.3 Å². The minimum atomic E-state index is -3.01. The molecular formula is C22H22ClF2N3O3S. The lowest BCUT2D eigenvalue weighted by molar-refractivity contribution is -0.113. The SMILES string of the molecule is CC(C)CCn1c(SCC(=O)Nc2ccccc2OC(F)F)nc2cc(Cl)ccc2c1=O. The predicted molar refractivity (Wildman–Crippen MR) is 123 cm³/mol. The maximum absolute atomic E-state index is 13.0. The van der Waals surface area contributed by atoms with E-state index in [1.165, 1.54) is 18.2 Å². The number of para-hydroxylation sites is 2. The van der Waals surface area contributed by atoms with Gasteiger partial charge in [-0.1, -0.05) is 49.3 Å². The van der Waals surface area contributed by atoms with Crippen LogP contribution in [0.2, 0.25) is 5.02 Å². The number of aromatic nitrogens is 2. The number of anilines is 1. The van der Waals surface area contributed by atoms with E-state index >= 15 is 0 Å². The maximum Gasteiger partial charge on any atom is 0.387 e. The molecular weight excluding hydrogens is 460 g/mol. The molecule has 3 aromatic rings. The molecule has 0 aliphatic rings. The average molecular weight is 482 g/mol. The highest BCUT2D eigenvalue weighted by Crippen LogP contribution is 2.26. The first-order valence-corrected chi connectivity index (χ1v) is 11.3. The Morgan fingerprint density at radius 3 is 2.72 bits per heavy atom. The number of amides is 1. The average Bonchev–Trinajstić information content (AvgIpc) is 2.72. The van der Waals surface area contributed by atoms with Crippen LogP contribution in [0.15, 0.2) is 52.4 Å². The second kappa shape index (κ2) is 10.8. The van der Waals surface area contributed by atoms with Crippen molar-refractivity contribution in [3.8, 4) is 5.75 Å². The van der Waals surface area contributed by atoms with E-state index in [1.54, 1.807) is 28.8 Å². The predicted octanol–water partition coefficient (Wildman–Crippen LogP) is 5.43. The molecule has 0 saturated carbocycles. The van der Waals surface area contributed by atoms with Crippen LogP contribution in [0, 0.1) is 5.92 Å². The number of rotatable bonds is 9. The molecule has 0 atom stereocenters. The van der Waals surface area contributed by atoms with E-state index in [1.807, 2.05) is 0 Å². The molecule has 0 saturated heterocycles. The van der Waals surface area contributed by atoms with Crippen LogP contribution < -0.4 is 15.6 Å². The second-order valence-corrected chi connectivity index (χ2v) is 8.79. The molecule has 1 heterocycles. The molecule has 1 amide bonds. The zero-order valence-corrected chi connectivity index (χ0v) is 19.1.